The summed E-state index contributed by atoms with van der Waals surface area (Å²) in [5, 5.41) is 9.88. The van der Waals surface area contributed by atoms with Gasteiger partial charge in [-0.1, -0.05) is 0 Å². The molecule has 1 rings (SSSR count). The molecule has 0 atom stereocenters. The van der Waals surface area contributed by atoms with E-state index in [0.717, 1.165) is 11.3 Å². The number of aromatic amines is 1. The number of aliphatic imine (C=N–C) groups is 1. The summed E-state index contributed by atoms with van der Waals surface area (Å²) in [5.41, 5.74) is 7.77. The predicted molar refractivity (Wildman–Crippen MR) is 77.0 cm³/mol. The van der Waals surface area contributed by atoms with Crippen LogP contribution in [0.15, 0.2) is 11.2 Å². The summed E-state index contributed by atoms with van der Waals surface area (Å²) in [4.78, 5) is 4.24. The maximum atomic E-state index is 5.73. The zero-order chi connectivity index (χ0) is 11.5. The molecule has 0 unspecified atom stereocenters. The van der Waals surface area contributed by atoms with Gasteiger partial charge < -0.3 is 11.1 Å². The Kier molecular flexibility index (Phi) is 5.77. The number of H-pyrrole nitrogens is 1. The highest BCUT2D eigenvalue weighted by Gasteiger charge is 2.09. The van der Waals surface area contributed by atoms with Gasteiger partial charge in [0.25, 0.3) is 0 Å². The number of nitrogens with one attached hydrogen (secondary N) is 2. The van der Waals surface area contributed by atoms with Crippen molar-refractivity contribution >= 4 is 29.9 Å². The highest BCUT2D eigenvalue weighted by molar-refractivity contribution is 14.0. The first-order valence-electron chi connectivity index (χ1n) is 4.95. The van der Waals surface area contributed by atoms with Gasteiger partial charge in [-0.05, 0) is 27.7 Å². The van der Waals surface area contributed by atoms with Crippen LogP contribution >= 0.6 is 24.0 Å². The molecule has 4 N–H and O–H groups in total. The van der Waals surface area contributed by atoms with Crippen LogP contribution in [0, 0.1) is 6.92 Å². The number of aromatic nitrogens is 2. The van der Waals surface area contributed by atoms with Gasteiger partial charge in [-0.15, -0.1) is 24.0 Å². The number of hydrogen-bond donors (Lipinski definition) is 3. The minimum atomic E-state index is -0.0565. The largest absolute Gasteiger partial charge is 0.370 e. The van der Waals surface area contributed by atoms with Crippen LogP contribution in [-0.4, -0.2) is 21.7 Å². The van der Waals surface area contributed by atoms with Crippen LogP contribution in [0.1, 0.15) is 32.0 Å². The van der Waals surface area contributed by atoms with E-state index in [4.69, 9.17) is 5.73 Å². The summed E-state index contributed by atoms with van der Waals surface area (Å²) in [6.45, 7) is 8.64. The van der Waals surface area contributed by atoms with Crippen molar-refractivity contribution in [3.05, 3.63) is 17.5 Å². The van der Waals surface area contributed by atoms with Crippen LogP contribution < -0.4 is 11.1 Å². The molecule has 6 heteroatoms. The molecular formula is C10H20IN5. The topological polar surface area (TPSA) is 79.1 Å². The molecule has 1 heterocycles. The fraction of sp³-hybridized carbons (Fsp3) is 0.600. The summed E-state index contributed by atoms with van der Waals surface area (Å²) >= 11 is 0. The molecule has 16 heavy (non-hydrogen) atoms. The highest BCUT2D eigenvalue weighted by Crippen LogP contribution is 2.04. The number of nitrogens with two attached hydrogens (primary N) is 1. The smallest absolute Gasteiger partial charge is 0.189 e. The number of rotatable bonds is 2. The van der Waals surface area contributed by atoms with Crippen LogP contribution in [0.2, 0.25) is 0 Å². The van der Waals surface area contributed by atoms with Crippen LogP contribution in [0.25, 0.3) is 0 Å². The fourth-order valence-corrected chi connectivity index (χ4v) is 1.13. The van der Waals surface area contributed by atoms with Gasteiger partial charge in [0.05, 0.1) is 12.7 Å². The molecule has 0 aliphatic carbocycles. The molecule has 92 valence electrons. The minimum Gasteiger partial charge on any atom is -0.370 e. The molecule has 0 spiro atoms. The second-order valence-electron chi connectivity index (χ2n) is 4.60. The van der Waals surface area contributed by atoms with E-state index in [9.17, 15) is 0 Å². The lowest BCUT2D eigenvalue weighted by atomic mass is 10.1. The zero-order valence-corrected chi connectivity index (χ0v) is 12.5. The number of nitrogens with zero attached hydrogens (tertiary/aromatic N) is 2. The van der Waals surface area contributed by atoms with Crippen molar-refractivity contribution in [2.75, 3.05) is 0 Å². The van der Waals surface area contributed by atoms with E-state index in [-0.39, 0.29) is 29.5 Å². The van der Waals surface area contributed by atoms with Crippen molar-refractivity contribution in [3.63, 3.8) is 0 Å². The van der Waals surface area contributed by atoms with Gasteiger partial charge in [-0.2, -0.15) is 5.10 Å². The van der Waals surface area contributed by atoms with Crippen molar-refractivity contribution in [3.8, 4) is 0 Å². The first-order valence-corrected chi connectivity index (χ1v) is 4.95. The first kappa shape index (κ1) is 15.2. The summed E-state index contributed by atoms with van der Waals surface area (Å²) in [6.07, 6.45) is 1.77. The maximum absolute atomic E-state index is 5.73. The Hall–Kier alpha value is -0.790. The van der Waals surface area contributed by atoms with Crippen LogP contribution in [-0.2, 0) is 6.54 Å². The van der Waals surface area contributed by atoms with E-state index in [1.807, 2.05) is 27.7 Å². The number of guanidine groups is 1. The van der Waals surface area contributed by atoms with Gasteiger partial charge in [-0.25, -0.2) is 4.99 Å². The molecule has 0 radical (unpaired) electrons. The minimum absolute atomic E-state index is 0. The molecule has 0 saturated carbocycles. The Balaban J connectivity index is 0.00000225. The average molecular weight is 337 g/mol. The zero-order valence-electron chi connectivity index (χ0n) is 10.2. The third kappa shape index (κ3) is 5.34. The van der Waals surface area contributed by atoms with Crippen LogP contribution in [0.3, 0.4) is 0 Å². The lowest BCUT2D eigenvalue weighted by Crippen LogP contribution is -2.44. The molecule has 0 bridgehead atoms. The van der Waals surface area contributed by atoms with Crippen molar-refractivity contribution in [1.82, 2.24) is 15.5 Å². The SMILES string of the molecule is Cc1[nH]ncc1CN=C(N)NC(C)(C)C.I. The van der Waals surface area contributed by atoms with Gasteiger partial charge >= 0.3 is 0 Å². The van der Waals surface area contributed by atoms with E-state index in [1.54, 1.807) is 6.20 Å². The second kappa shape index (κ2) is 6.07. The fourth-order valence-electron chi connectivity index (χ4n) is 1.13. The van der Waals surface area contributed by atoms with Crippen molar-refractivity contribution in [1.29, 1.82) is 0 Å². The van der Waals surface area contributed by atoms with Gasteiger partial charge in [0.15, 0.2) is 5.96 Å². The Morgan fingerprint density at radius 1 is 1.56 bits per heavy atom. The van der Waals surface area contributed by atoms with E-state index in [2.05, 4.69) is 20.5 Å². The molecule has 0 aliphatic rings. The summed E-state index contributed by atoms with van der Waals surface area (Å²) in [6, 6.07) is 0. The predicted octanol–water partition coefficient (Wildman–Crippen LogP) is 1.54. The Labute approximate surface area is 113 Å². The molecule has 0 saturated heterocycles. The van der Waals surface area contributed by atoms with Gasteiger partial charge in [0.2, 0.25) is 0 Å². The monoisotopic (exact) mass is 337 g/mol. The van der Waals surface area contributed by atoms with E-state index < -0.39 is 0 Å². The lowest BCUT2D eigenvalue weighted by molar-refractivity contribution is 0.508. The van der Waals surface area contributed by atoms with Crippen LogP contribution in [0.5, 0.6) is 0 Å². The molecule has 5 nitrogen and oxygen atoms in total. The highest BCUT2D eigenvalue weighted by atomic mass is 127. The molecule has 1 aromatic rings. The maximum Gasteiger partial charge on any atom is 0.189 e. The third-order valence-electron chi connectivity index (χ3n) is 1.86. The standard InChI is InChI=1S/C10H19N5.HI/c1-7-8(6-13-15-7)5-12-9(11)14-10(2,3)4;/h6H,5H2,1-4H3,(H,13,15)(H3,11,12,14);1H. The summed E-state index contributed by atoms with van der Waals surface area (Å²) in [5.74, 6) is 0.461. The molecule has 1 aromatic heterocycles. The molecule has 0 aromatic carbocycles. The molecule has 0 aliphatic heterocycles. The normalized spacial score (nSPS) is 12.1. The Bertz CT molecular complexity index is 350. The van der Waals surface area contributed by atoms with E-state index >= 15 is 0 Å². The molecular weight excluding hydrogens is 317 g/mol. The van der Waals surface area contributed by atoms with Crippen molar-refractivity contribution in [2.24, 2.45) is 10.7 Å². The Morgan fingerprint density at radius 3 is 2.62 bits per heavy atom. The summed E-state index contributed by atoms with van der Waals surface area (Å²) < 4.78 is 0. The van der Waals surface area contributed by atoms with Crippen molar-refractivity contribution in [2.45, 2.75) is 39.8 Å². The van der Waals surface area contributed by atoms with Gasteiger partial charge in [0, 0.05) is 16.8 Å². The number of aryl methyl sites for hydroxylation is 1. The lowest BCUT2D eigenvalue weighted by Gasteiger charge is -2.20. The molecule has 0 amide bonds. The summed E-state index contributed by atoms with van der Waals surface area (Å²) in [7, 11) is 0. The molecule has 0 fully saturated rings. The number of hydrogen-bond acceptors (Lipinski definition) is 2. The van der Waals surface area contributed by atoms with Gasteiger partial charge in [0.1, 0.15) is 0 Å². The van der Waals surface area contributed by atoms with Gasteiger partial charge in [-0.3, -0.25) is 5.10 Å². The van der Waals surface area contributed by atoms with Crippen molar-refractivity contribution < 1.29 is 0 Å². The van der Waals surface area contributed by atoms with Crippen LogP contribution in [0.4, 0.5) is 0 Å². The number of halogens is 1. The van der Waals surface area contributed by atoms with E-state index in [0.29, 0.717) is 12.5 Å². The second-order valence-corrected chi connectivity index (χ2v) is 4.60. The third-order valence-corrected chi connectivity index (χ3v) is 1.86. The Morgan fingerprint density at radius 2 is 2.19 bits per heavy atom. The average Bonchev–Trinajstić information content (AvgIpc) is 2.44. The quantitative estimate of drug-likeness (QED) is 0.435. The first-order chi connectivity index (χ1) is 6.88. The van der Waals surface area contributed by atoms with E-state index in [1.165, 1.54) is 0 Å².